The summed E-state index contributed by atoms with van der Waals surface area (Å²) >= 11 is 0. The Morgan fingerprint density at radius 1 is 1.11 bits per heavy atom. The summed E-state index contributed by atoms with van der Waals surface area (Å²) in [6, 6.07) is 11.0. The van der Waals surface area contributed by atoms with Crippen LogP contribution in [0.2, 0.25) is 0 Å². The summed E-state index contributed by atoms with van der Waals surface area (Å²) in [6.45, 7) is 0. The molecule has 2 N–H and O–H groups in total. The zero-order valence-corrected chi connectivity index (χ0v) is 10.2. The highest BCUT2D eigenvalue weighted by Gasteiger charge is 2.17. The number of hydrogen-bond acceptors (Lipinski definition) is 5. The predicted octanol–water partition coefficient (Wildman–Crippen LogP) is 2.98. The molecule has 0 atom stereocenters. The van der Waals surface area contributed by atoms with Gasteiger partial charge in [-0.2, -0.15) is 0 Å². The van der Waals surface area contributed by atoms with Crippen molar-refractivity contribution in [2.45, 2.75) is 0 Å². The van der Waals surface area contributed by atoms with Gasteiger partial charge < -0.3 is 15.2 Å². The van der Waals surface area contributed by atoms with E-state index in [0.717, 1.165) is 0 Å². The molecule has 0 unspecified atom stereocenters. The second-order valence-electron chi connectivity index (χ2n) is 3.76. The minimum absolute atomic E-state index is 0.149. The van der Waals surface area contributed by atoms with Crippen LogP contribution in [-0.4, -0.2) is 12.0 Å². The number of ether oxygens (including phenoxy) is 2. The number of hydrogen-bond donors (Lipinski definition) is 1. The molecule has 0 amide bonds. The molecule has 2 rings (SSSR count). The van der Waals surface area contributed by atoms with E-state index >= 15 is 0 Å². The second kappa shape index (κ2) is 5.26. The average Bonchev–Trinajstić information content (AvgIpc) is 2.41. The fourth-order valence-corrected chi connectivity index (χ4v) is 1.52. The van der Waals surface area contributed by atoms with Crippen LogP contribution in [-0.2, 0) is 0 Å². The summed E-state index contributed by atoms with van der Waals surface area (Å²) in [6.07, 6.45) is 0. The van der Waals surface area contributed by atoms with Gasteiger partial charge >= 0.3 is 5.69 Å². The van der Waals surface area contributed by atoms with Gasteiger partial charge in [-0.15, -0.1) is 0 Å². The van der Waals surface area contributed by atoms with Crippen LogP contribution in [0.4, 0.5) is 11.4 Å². The van der Waals surface area contributed by atoms with Crippen LogP contribution in [0.1, 0.15) is 0 Å². The van der Waals surface area contributed by atoms with E-state index < -0.39 is 4.92 Å². The summed E-state index contributed by atoms with van der Waals surface area (Å²) in [5.41, 5.74) is 5.99. The Balaban J connectivity index is 2.33. The van der Waals surface area contributed by atoms with Gasteiger partial charge in [0.2, 0.25) is 5.75 Å². The van der Waals surface area contributed by atoms with E-state index in [1.54, 1.807) is 30.3 Å². The Morgan fingerprint density at radius 2 is 1.74 bits per heavy atom. The summed E-state index contributed by atoms with van der Waals surface area (Å²) in [5.74, 6) is 1.02. The first-order valence-corrected chi connectivity index (χ1v) is 5.46. The molecular weight excluding hydrogens is 248 g/mol. The summed E-state index contributed by atoms with van der Waals surface area (Å²) < 4.78 is 10.4. The molecular formula is C13H12N2O4. The highest BCUT2D eigenvalue weighted by atomic mass is 16.6. The molecule has 19 heavy (non-hydrogen) atoms. The van der Waals surface area contributed by atoms with E-state index in [9.17, 15) is 10.1 Å². The van der Waals surface area contributed by atoms with Crippen molar-refractivity contribution in [1.82, 2.24) is 0 Å². The number of nitrogens with two attached hydrogens (primary N) is 1. The van der Waals surface area contributed by atoms with Crippen LogP contribution in [0.25, 0.3) is 0 Å². The minimum atomic E-state index is -0.519. The fourth-order valence-electron chi connectivity index (χ4n) is 1.52. The summed E-state index contributed by atoms with van der Waals surface area (Å²) in [4.78, 5) is 10.5. The van der Waals surface area contributed by atoms with Crippen molar-refractivity contribution in [3.8, 4) is 17.2 Å². The molecule has 6 heteroatoms. The van der Waals surface area contributed by atoms with E-state index in [1.165, 1.54) is 19.2 Å². The number of nitrogen functional groups attached to an aromatic ring is 1. The molecule has 0 saturated heterocycles. The number of rotatable bonds is 4. The lowest BCUT2D eigenvalue weighted by atomic mass is 10.2. The minimum Gasteiger partial charge on any atom is -0.496 e. The molecule has 2 aromatic carbocycles. The fraction of sp³-hybridized carbons (Fsp3) is 0.0769. The first-order valence-electron chi connectivity index (χ1n) is 5.46. The zero-order valence-electron chi connectivity index (χ0n) is 10.2. The van der Waals surface area contributed by atoms with Crippen molar-refractivity contribution in [2.24, 2.45) is 0 Å². The lowest BCUT2D eigenvalue weighted by Gasteiger charge is -2.07. The van der Waals surface area contributed by atoms with Gasteiger partial charge in [-0.1, -0.05) is 0 Å². The van der Waals surface area contributed by atoms with E-state index in [1.807, 2.05) is 0 Å². The van der Waals surface area contributed by atoms with Crippen molar-refractivity contribution >= 4 is 11.4 Å². The molecule has 0 radical (unpaired) electrons. The Morgan fingerprint density at radius 3 is 2.32 bits per heavy atom. The highest BCUT2D eigenvalue weighted by molar-refractivity contribution is 5.53. The highest BCUT2D eigenvalue weighted by Crippen LogP contribution is 2.34. The molecule has 0 heterocycles. The molecule has 2 aromatic rings. The van der Waals surface area contributed by atoms with Crippen LogP contribution < -0.4 is 15.2 Å². The van der Waals surface area contributed by atoms with Gasteiger partial charge in [0.05, 0.1) is 18.1 Å². The summed E-state index contributed by atoms with van der Waals surface area (Å²) in [7, 11) is 1.44. The van der Waals surface area contributed by atoms with E-state index in [-0.39, 0.29) is 11.4 Å². The second-order valence-corrected chi connectivity index (χ2v) is 3.76. The third-order valence-corrected chi connectivity index (χ3v) is 2.47. The third kappa shape index (κ3) is 2.92. The van der Waals surface area contributed by atoms with Crippen LogP contribution >= 0.6 is 0 Å². The van der Waals surface area contributed by atoms with Crippen molar-refractivity contribution in [3.63, 3.8) is 0 Å². The largest absolute Gasteiger partial charge is 0.496 e. The van der Waals surface area contributed by atoms with Crippen LogP contribution in [0.5, 0.6) is 17.2 Å². The Bertz CT molecular complexity index is 596. The van der Waals surface area contributed by atoms with Crippen LogP contribution in [0.3, 0.4) is 0 Å². The van der Waals surface area contributed by atoms with Gasteiger partial charge in [0, 0.05) is 5.69 Å². The monoisotopic (exact) mass is 260 g/mol. The van der Waals surface area contributed by atoms with Crippen LogP contribution in [0, 0.1) is 10.1 Å². The zero-order chi connectivity index (χ0) is 13.8. The van der Waals surface area contributed by atoms with Crippen molar-refractivity contribution in [1.29, 1.82) is 0 Å². The molecule has 0 aliphatic heterocycles. The van der Waals surface area contributed by atoms with Gasteiger partial charge in [0.1, 0.15) is 11.5 Å². The van der Waals surface area contributed by atoms with E-state index in [2.05, 4.69) is 0 Å². The molecule has 0 aromatic heterocycles. The van der Waals surface area contributed by atoms with Gasteiger partial charge in [0.25, 0.3) is 0 Å². The van der Waals surface area contributed by atoms with E-state index in [4.69, 9.17) is 15.2 Å². The Labute approximate surface area is 109 Å². The number of nitro benzene ring substituents is 1. The standard InChI is InChI=1S/C13H12N2O4/c1-18-11-6-7-13(12(8-11)15(16)17)19-10-4-2-9(14)3-5-10/h2-8H,14H2,1H3. The number of nitro groups is 1. The predicted molar refractivity (Wildman–Crippen MR) is 70.6 cm³/mol. The lowest BCUT2D eigenvalue weighted by molar-refractivity contribution is -0.385. The molecule has 0 bridgehead atoms. The van der Waals surface area contributed by atoms with Gasteiger partial charge in [0.15, 0.2) is 0 Å². The van der Waals surface area contributed by atoms with Gasteiger partial charge in [-0.3, -0.25) is 10.1 Å². The molecule has 0 aliphatic rings. The quantitative estimate of drug-likeness (QED) is 0.518. The number of nitrogens with zero attached hydrogens (tertiary/aromatic N) is 1. The van der Waals surface area contributed by atoms with Crippen molar-refractivity contribution in [3.05, 3.63) is 52.6 Å². The SMILES string of the molecule is COc1ccc(Oc2ccc(N)cc2)c([N+](=O)[O-])c1. The first-order chi connectivity index (χ1) is 9.10. The Hall–Kier alpha value is -2.76. The lowest BCUT2D eigenvalue weighted by Crippen LogP contribution is -1.95. The van der Waals surface area contributed by atoms with Crippen molar-refractivity contribution in [2.75, 3.05) is 12.8 Å². The number of anilines is 1. The molecule has 0 fully saturated rings. The van der Waals surface area contributed by atoms with E-state index in [0.29, 0.717) is 17.2 Å². The normalized spacial score (nSPS) is 9.95. The molecule has 98 valence electrons. The molecule has 0 spiro atoms. The maximum Gasteiger partial charge on any atom is 0.315 e. The van der Waals surface area contributed by atoms with Crippen LogP contribution in [0.15, 0.2) is 42.5 Å². The summed E-state index contributed by atoms with van der Waals surface area (Å²) in [5, 5.41) is 11.0. The number of benzene rings is 2. The average molecular weight is 260 g/mol. The molecule has 0 aliphatic carbocycles. The third-order valence-electron chi connectivity index (χ3n) is 2.47. The topological polar surface area (TPSA) is 87.6 Å². The van der Waals surface area contributed by atoms with Crippen molar-refractivity contribution < 1.29 is 14.4 Å². The molecule has 0 saturated carbocycles. The first kappa shape index (κ1) is 12.7. The maximum absolute atomic E-state index is 11.0. The van der Waals surface area contributed by atoms with Gasteiger partial charge in [-0.25, -0.2) is 0 Å². The number of methoxy groups -OCH3 is 1. The smallest absolute Gasteiger partial charge is 0.315 e. The van der Waals surface area contributed by atoms with Gasteiger partial charge in [-0.05, 0) is 36.4 Å². The Kier molecular flexibility index (Phi) is 3.51. The molecule has 6 nitrogen and oxygen atoms in total. The maximum atomic E-state index is 11.0.